The summed E-state index contributed by atoms with van der Waals surface area (Å²) in [5.41, 5.74) is -1.59. The van der Waals surface area contributed by atoms with Crippen molar-refractivity contribution in [2.45, 2.75) is 31.3 Å². The van der Waals surface area contributed by atoms with E-state index in [-0.39, 0.29) is 53.0 Å². The Labute approximate surface area is 223 Å². The van der Waals surface area contributed by atoms with Crippen LogP contribution in [0.15, 0.2) is 35.6 Å². The largest absolute Gasteiger partial charge is 0.507 e. The molecule has 38 heavy (non-hydrogen) atoms. The lowest BCUT2D eigenvalue weighted by molar-refractivity contribution is -0.140. The Kier molecular flexibility index (Phi) is 6.38. The van der Waals surface area contributed by atoms with E-state index in [0.29, 0.717) is 17.1 Å². The average Bonchev–Trinajstić information content (AvgIpc) is 3.50. The minimum atomic E-state index is -1.97. The highest BCUT2D eigenvalue weighted by molar-refractivity contribution is 6.35. The van der Waals surface area contributed by atoms with E-state index >= 15 is 0 Å². The number of ketones is 2. The minimum absolute atomic E-state index is 0.0208. The molecule has 0 amide bonds. The Morgan fingerprint density at radius 3 is 2.53 bits per heavy atom. The van der Waals surface area contributed by atoms with Gasteiger partial charge in [0.05, 0.1) is 27.8 Å². The van der Waals surface area contributed by atoms with E-state index in [0.717, 1.165) is 0 Å². The van der Waals surface area contributed by atoms with Gasteiger partial charge in [-0.25, -0.2) is 0 Å². The Bertz CT molecular complexity index is 1400. The number of esters is 1. The van der Waals surface area contributed by atoms with Crippen molar-refractivity contribution >= 4 is 29.1 Å². The monoisotopic (exact) mass is 544 g/mol. The molecule has 5 rings (SSSR count). The molecule has 2 aromatic carbocycles. The number of allylic oxidation sites excluding steroid dienone is 1. The molecule has 0 fully saturated rings. The zero-order valence-electron chi connectivity index (χ0n) is 21.1. The summed E-state index contributed by atoms with van der Waals surface area (Å²) in [5, 5.41) is 11.8. The van der Waals surface area contributed by atoms with Crippen molar-refractivity contribution in [1.29, 1.82) is 0 Å². The van der Waals surface area contributed by atoms with E-state index in [4.69, 9.17) is 40.0 Å². The maximum atomic E-state index is 14.0. The third-order valence-electron chi connectivity index (χ3n) is 7.26. The smallest absolute Gasteiger partial charge is 0.306 e. The van der Waals surface area contributed by atoms with Crippen LogP contribution >= 0.6 is 11.6 Å². The van der Waals surface area contributed by atoms with Crippen molar-refractivity contribution in [3.63, 3.8) is 0 Å². The van der Waals surface area contributed by atoms with E-state index in [1.807, 2.05) is 0 Å². The van der Waals surface area contributed by atoms with Crippen molar-refractivity contribution in [3.8, 4) is 28.7 Å². The molecule has 3 aliphatic rings. The standard InChI is InChI=1S/C27H25ClO10/c1-12-7-15(29)21(14(9-20(30)35-4)13-5-6-16-17(8-13)37-11-36-16)25(31)27(12)26(32)22-18(33-2)10-19(34-3)23(28)24(22)38-27/h5-6,8,10,12,14,31H,7,9,11H2,1-4H3. The van der Waals surface area contributed by atoms with Crippen molar-refractivity contribution in [2.24, 2.45) is 5.92 Å². The Balaban J connectivity index is 1.71. The lowest BCUT2D eigenvalue weighted by Crippen LogP contribution is -2.53. The van der Waals surface area contributed by atoms with Crippen molar-refractivity contribution in [1.82, 2.24) is 0 Å². The number of ether oxygens (including phenoxy) is 6. The first-order chi connectivity index (χ1) is 18.2. The molecule has 1 N–H and O–H groups in total. The quantitative estimate of drug-likeness (QED) is 0.529. The molecule has 0 radical (unpaired) electrons. The highest BCUT2D eigenvalue weighted by Gasteiger charge is 2.61. The highest BCUT2D eigenvalue weighted by Crippen LogP contribution is 2.56. The van der Waals surface area contributed by atoms with Crippen LogP contribution in [0.3, 0.4) is 0 Å². The van der Waals surface area contributed by atoms with Gasteiger partial charge in [-0.2, -0.15) is 0 Å². The molecular formula is C27H25ClO10. The van der Waals surface area contributed by atoms with Crippen LogP contribution in [-0.4, -0.2) is 56.4 Å². The van der Waals surface area contributed by atoms with E-state index in [1.165, 1.54) is 27.4 Å². The predicted molar refractivity (Wildman–Crippen MR) is 133 cm³/mol. The van der Waals surface area contributed by atoms with Crippen LogP contribution in [-0.2, 0) is 14.3 Å². The SMILES string of the molecule is COC(=O)CC(C1=C(O)C2(Oc3c(Cl)c(OC)cc(OC)c3C2=O)C(C)CC1=O)c1ccc2c(c1)OCO2. The molecule has 2 heterocycles. The van der Waals surface area contributed by atoms with E-state index in [9.17, 15) is 19.5 Å². The van der Waals surface area contributed by atoms with Gasteiger partial charge in [0.25, 0.3) is 0 Å². The number of halogens is 1. The topological polar surface area (TPSA) is 127 Å². The summed E-state index contributed by atoms with van der Waals surface area (Å²) < 4.78 is 32.6. The fourth-order valence-electron chi connectivity index (χ4n) is 5.30. The van der Waals surface area contributed by atoms with Crippen LogP contribution in [0.5, 0.6) is 28.7 Å². The van der Waals surface area contributed by atoms with Gasteiger partial charge in [0.15, 0.2) is 28.8 Å². The first kappa shape index (κ1) is 25.7. The summed E-state index contributed by atoms with van der Waals surface area (Å²) in [6, 6.07) is 6.39. The van der Waals surface area contributed by atoms with Gasteiger partial charge < -0.3 is 33.5 Å². The van der Waals surface area contributed by atoms with Crippen molar-refractivity contribution < 1.29 is 47.9 Å². The van der Waals surface area contributed by atoms with Crippen LogP contribution < -0.4 is 23.7 Å². The van der Waals surface area contributed by atoms with E-state index < -0.39 is 40.7 Å². The molecule has 0 saturated carbocycles. The molecule has 0 bridgehead atoms. The van der Waals surface area contributed by atoms with Gasteiger partial charge in [0.2, 0.25) is 18.2 Å². The number of hydrogen-bond acceptors (Lipinski definition) is 10. The van der Waals surface area contributed by atoms with Crippen molar-refractivity contribution in [3.05, 3.63) is 51.7 Å². The number of carbonyl (C=O) groups excluding carboxylic acids is 3. The Morgan fingerprint density at radius 2 is 1.84 bits per heavy atom. The number of rotatable bonds is 6. The summed E-state index contributed by atoms with van der Waals surface area (Å²) in [6.45, 7) is 1.66. The fourth-order valence-corrected chi connectivity index (χ4v) is 5.57. The lowest BCUT2D eigenvalue weighted by atomic mass is 9.69. The molecule has 10 nitrogen and oxygen atoms in total. The summed E-state index contributed by atoms with van der Waals surface area (Å²) in [5.74, 6) is -2.76. The number of carbonyl (C=O) groups is 3. The number of aliphatic hydroxyl groups excluding tert-OH is 1. The van der Waals surface area contributed by atoms with E-state index in [1.54, 1.807) is 25.1 Å². The molecule has 2 aromatic rings. The van der Waals surface area contributed by atoms with E-state index in [2.05, 4.69) is 0 Å². The first-order valence-electron chi connectivity index (χ1n) is 11.8. The number of methoxy groups -OCH3 is 3. The average molecular weight is 545 g/mol. The van der Waals surface area contributed by atoms with Crippen LogP contribution in [0.25, 0.3) is 0 Å². The second-order valence-corrected chi connectivity index (χ2v) is 9.58. The number of Topliss-reactive ketones (excluding diaryl/α,β-unsaturated/α-hetero) is 2. The zero-order valence-corrected chi connectivity index (χ0v) is 21.8. The molecular weight excluding hydrogens is 520 g/mol. The summed E-state index contributed by atoms with van der Waals surface area (Å²) in [7, 11) is 4.00. The maximum Gasteiger partial charge on any atom is 0.306 e. The third kappa shape index (κ3) is 3.65. The van der Waals surface area contributed by atoms with Gasteiger partial charge in [-0.1, -0.05) is 24.6 Å². The minimum Gasteiger partial charge on any atom is -0.507 e. The second-order valence-electron chi connectivity index (χ2n) is 9.20. The van der Waals surface area contributed by atoms with Gasteiger partial charge in [0.1, 0.15) is 22.1 Å². The molecule has 200 valence electrons. The number of benzene rings is 2. The maximum absolute atomic E-state index is 14.0. The molecule has 1 aliphatic carbocycles. The number of hydrogen-bond donors (Lipinski definition) is 1. The van der Waals surface area contributed by atoms with Crippen LogP contribution in [0, 0.1) is 5.92 Å². The first-order valence-corrected chi connectivity index (χ1v) is 12.2. The van der Waals surface area contributed by atoms with Gasteiger partial charge >= 0.3 is 5.97 Å². The summed E-state index contributed by atoms with van der Waals surface area (Å²) >= 11 is 6.50. The van der Waals surface area contributed by atoms with Gasteiger partial charge in [-0.15, -0.1) is 0 Å². The second kappa shape index (κ2) is 9.43. The summed E-state index contributed by atoms with van der Waals surface area (Å²) in [6.07, 6.45) is -0.427. The highest BCUT2D eigenvalue weighted by atomic mass is 35.5. The third-order valence-corrected chi connectivity index (χ3v) is 7.62. The Hall–Kier alpha value is -3.92. The molecule has 3 atom stereocenters. The van der Waals surface area contributed by atoms with Crippen LogP contribution in [0.4, 0.5) is 0 Å². The molecule has 3 unspecified atom stereocenters. The molecule has 2 aliphatic heterocycles. The fraction of sp³-hybridized carbons (Fsp3) is 0.370. The molecule has 0 saturated heterocycles. The van der Waals surface area contributed by atoms with Crippen LogP contribution in [0.2, 0.25) is 5.02 Å². The molecule has 1 spiro atoms. The summed E-state index contributed by atoms with van der Waals surface area (Å²) in [4.78, 5) is 40.0. The van der Waals surface area contributed by atoms with Gasteiger partial charge in [-0.05, 0) is 17.7 Å². The lowest BCUT2D eigenvalue weighted by Gasteiger charge is -2.38. The van der Waals surface area contributed by atoms with Gasteiger partial charge in [0, 0.05) is 29.9 Å². The Morgan fingerprint density at radius 1 is 1.13 bits per heavy atom. The number of aliphatic hydroxyl groups is 1. The predicted octanol–water partition coefficient (Wildman–Crippen LogP) is 4.17. The van der Waals surface area contributed by atoms with Gasteiger partial charge in [-0.3, -0.25) is 14.4 Å². The van der Waals surface area contributed by atoms with Crippen molar-refractivity contribution in [2.75, 3.05) is 28.1 Å². The normalized spacial score (nSPS) is 22.3. The van der Waals surface area contributed by atoms with Crippen LogP contribution in [0.1, 0.15) is 41.6 Å². The molecule has 0 aromatic heterocycles. The molecule has 11 heteroatoms. The zero-order chi connectivity index (χ0) is 27.4. The number of fused-ring (bicyclic) bond motifs is 2.